The summed E-state index contributed by atoms with van der Waals surface area (Å²) in [7, 11) is 4.01. The van der Waals surface area contributed by atoms with Crippen molar-refractivity contribution in [3.05, 3.63) is 46.4 Å². The Morgan fingerprint density at radius 3 is 2.42 bits per heavy atom. The van der Waals surface area contributed by atoms with Gasteiger partial charge in [-0.2, -0.15) is 0 Å². The topological polar surface area (TPSA) is 16.1 Å². The molecular weight excluding hydrogens is 279 g/mol. The highest BCUT2D eigenvalue weighted by atomic mass is 35.5. The lowest BCUT2D eigenvalue weighted by atomic mass is 10.1. The summed E-state index contributed by atoms with van der Waals surface area (Å²) in [5.74, 6) is 0. The molecule has 4 heteroatoms. The molecule has 0 aliphatic rings. The summed E-state index contributed by atoms with van der Waals surface area (Å²) < 4.78 is 0. The molecule has 0 spiro atoms. The Morgan fingerprint density at radius 1 is 0.895 bits per heavy atom. The normalized spacial score (nSPS) is 11.2. The maximum atomic E-state index is 6.50. The van der Waals surface area contributed by atoms with Gasteiger partial charge in [0, 0.05) is 35.6 Å². The highest BCUT2D eigenvalue weighted by Gasteiger charge is 2.09. The zero-order chi connectivity index (χ0) is 13.6. The number of aromatic nitrogens is 1. The first-order valence-corrected chi connectivity index (χ1v) is 6.68. The van der Waals surface area contributed by atoms with Gasteiger partial charge in [-0.15, -0.1) is 0 Å². The van der Waals surface area contributed by atoms with Crippen molar-refractivity contribution in [2.45, 2.75) is 0 Å². The Bertz CT molecular complexity index is 782. The van der Waals surface area contributed by atoms with Gasteiger partial charge in [-0.1, -0.05) is 23.2 Å². The van der Waals surface area contributed by atoms with E-state index >= 15 is 0 Å². The van der Waals surface area contributed by atoms with Crippen LogP contribution in [0.2, 0.25) is 10.0 Å². The van der Waals surface area contributed by atoms with E-state index in [9.17, 15) is 0 Å². The molecule has 3 rings (SSSR count). The molecular formula is C15H12Cl2N2. The summed E-state index contributed by atoms with van der Waals surface area (Å²) in [4.78, 5) is 6.66. The molecule has 0 amide bonds. The molecule has 96 valence electrons. The van der Waals surface area contributed by atoms with Gasteiger partial charge in [-0.25, -0.2) is 4.98 Å². The fraction of sp³-hybridized carbons (Fsp3) is 0.133. The van der Waals surface area contributed by atoms with Crippen LogP contribution in [0.15, 0.2) is 36.4 Å². The summed E-state index contributed by atoms with van der Waals surface area (Å²) in [5.41, 5.74) is 2.80. The van der Waals surface area contributed by atoms with Gasteiger partial charge in [0.2, 0.25) is 0 Å². The Kier molecular flexibility index (Phi) is 3.00. The van der Waals surface area contributed by atoms with Crippen LogP contribution in [-0.2, 0) is 0 Å². The number of hydrogen-bond acceptors (Lipinski definition) is 2. The fourth-order valence-electron chi connectivity index (χ4n) is 2.13. The lowest BCUT2D eigenvalue weighted by molar-refractivity contribution is 1.13. The van der Waals surface area contributed by atoms with Crippen molar-refractivity contribution in [2.75, 3.05) is 19.0 Å². The monoisotopic (exact) mass is 290 g/mol. The number of hydrogen-bond donors (Lipinski definition) is 0. The Hall–Kier alpha value is -1.51. The second-order valence-electron chi connectivity index (χ2n) is 4.68. The molecule has 1 heterocycles. The van der Waals surface area contributed by atoms with Crippen molar-refractivity contribution < 1.29 is 0 Å². The van der Waals surface area contributed by atoms with Gasteiger partial charge in [-0.05, 0) is 36.4 Å². The van der Waals surface area contributed by atoms with Crippen LogP contribution in [0.5, 0.6) is 0 Å². The lowest BCUT2D eigenvalue weighted by Gasteiger charge is -2.14. The molecule has 0 bridgehead atoms. The molecule has 0 fully saturated rings. The number of fused-ring (bicyclic) bond motifs is 2. The van der Waals surface area contributed by atoms with E-state index in [4.69, 9.17) is 23.2 Å². The molecule has 19 heavy (non-hydrogen) atoms. The van der Waals surface area contributed by atoms with E-state index in [0.29, 0.717) is 5.02 Å². The van der Waals surface area contributed by atoms with Gasteiger partial charge < -0.3 is 4.90 Å². The first-order valence-electron chi connectivity index (χ1n) is 5.92. The van der Waals surface area contributed by atoms with Crippen LogP contribution in [0.3, 0.4) is 0 Å². The second-order valence-corrected chi connectivity index (χ2v) is 5.50. The number of nitrogens with zero attached hydrogens (tertiary/aromatic N) is 2. The molecule has 0 saturated carbocycles. The van der Waals surface area contributed by atoms with Crippen molar-refractivity contribution >= 4 is 50.7 Å². The molecule has 0 aliphatic carbocycles. The Balaban J connectivity index is 2.40. The van der Waals surface area contributed by atoms with Crippen LogP contribution in [-0.4, -0.2) is 19.1 Å². The average molecular weight is 291 g/mol. The molecule has 2 nitrogen and oxygen atoms in total. The summed E-state index contributed by atoms with van der Waals surface area (Å²) in [5, 5.41) is 3.28. The van der Waals surface area contributed by atoms with Crippen LogP contribution in [0, 0.1) is 0 Å². The Labute approximate surface area is 121 Å². The third-order valence-electron chi connectivity index (χ3n) is 3.17. The minimum absolute atomic E-state index is 0.667. The second kappa shape index (κ2) is 4.55. The zero-order valence-electron chi connectivity index (χ0n) is 10.6. The van der Waals surface area contributed by atoms with Crippen molar-refractivity contribution in [1.29, 1.82) is 0 Å². The standard InChI is InChI=1S/C15H12Cl2N2/c1-19(2)10-4-6-13-12(8-10)15(17)11-5-3-9(16)7-14(11)18-13/h3-8H,1-2H3. The fourth-order valence-corrected chi connectivity index (χ4v) is 2.61. The molecule has 0 aliphatic heterocycles. The smallest absolute Gasteiger partial charge is 0.0739 e. The lowest BCUT2D eigenvalue weighted by Crippen LogP contribution is -2.08. The molecule has 0 saturated heterocycles. The SMILES string of the molecule is CN(C)c1ccc2nc3cc(Cl)ccc3c(Cl)c2c1. The minimum atomic E-state index is 0.667. The first-order chi connectivity index (χ1) is 9.06. The van der Waals surface area contributed by atoms with E-state index in [-0.39, 0.29) is 0 Å². The predicted octanol–water partition coefficient (Wildman–Crippen LogP) is 4.76. The molecule has 0 radical (unpaired) electrons. The van der Waals surface area contributed by atoms with Gasteiger partial charge in [0.25, 0.3) is 0 Å². The number of pyridine rings is 1. The van der Waals surface area contributed by atoms with E-state index in [1.54, 1.807) is 0 Å². The van der Waals surface area contributed by atoms with E-state index in [1.807, 2.05) is 49.3 Å². The van der Waals surface area contributed by atoms with Crippen LogP contribution in [0.4, 0.5) is 5.69 Å². The van der Waals surface area contributed by atoms with Gasteiger partial charge >= 0.3 is 0 Å². The van der Waals surface area contributed by atoms with Gasteiger partial charge in [0.1, 0.15) is 0 Å². The molecule has 2 aromatic carbocycles. The molecule has 0 atom stereocenters. The van der Waals surface area contributed by atoms with Crippen molar-refractivity contribution in [3.63, 3.8) is 0 Å². The molecule has 3 aromatic rings. The highest BCUT2D eigenvalue weighted by molar-refractivity contribution is 6.40. The summed E-state index contributed by atoms with van der Waals surface area (Å²) in [6.45, 7) is 0. The first kappa shape index (κ1) is 12.5. The molecule has 1 aromatic heterocycles. The largest absolute Gasteiger partial charge is 0.378 e. The minimum Gasteiger partial charge on any atom is -0.378 e. The summed E-state index contributed by atoms with van der Waals surface area (Å²) in [6.07, 6.45) is 0. The Morgan fingerprint density at radius 2 is 1.68 bits per heavy atom. The van der Waals surface area contributed by atoms with Crippen LogP contribution in [0.25, 0.3) is 21.8 Å². The van der Waals surface area contributed by atoms with Crippen molar-refractivity contribution in [3.8, 4) is 0 Å². The number of rotatable bonds is 1. The summed E-state index contributed by atoms with van der Waals surface area (Å²) in [6, 6.07) is 11.6. The average Bonchev–Trinajstić information content (AvgIpc) is 2.38. The number of halogens is 2. The maximum absolute atomic E-state index is 6.50. The van der Waals surface area contributed by atoms with E-state index in [1.165, 1.54) is 0 Å². The van der Waals surface area contributed by atoms with Crippen molar-refractivity contribution in [1.82, 2.24) is 4.98 Å². The van der Waals surface area contributed by atoms with Crippen LogP contribution in [0.1, 0.15) is 0 Å². The molecule has 0 N–H and O–H groups in total. The summed E-state index contributed by atoms with van der Waals surface area (Å²) >= 11 is 12.5. The highest BCUT2D eigenvalue weighted by Crippen LogP contribution is 2.33. The van der Waals surface area contributed by atoms with E-state index in [2.05, 4.69) is 11.1 Å². The third-order valence-corrected chi connectivity index (χ3v) is 3.81. The van der Waals surface area contributed by atoms with Gasteiger partial charge in [-0.3, -0.25) is 0 Å². The zero-order valence-corrected chi connectivity index (χ0v) is 12.1. The van der Waals surface area contributed by atoms with Gasteiger partial charge in [0.15, 0.2) is 0 Å². The van der Waals surface area contributed by atoms with Crippen LogP contribution >= 0.6 is 23.2 Å². The van der Waals surface area contributed by atoms with Gasteiger partial charge in [0.05, 0.1) is 16.1 Å². The maximum Gasteiger partial charge on any atom is 0.0739 e. The van der Waals surface area contributed by atoms with E-state index in [0.717, 1.165) is 32.5 Å². The quantitative estimate of drug-likeness (QED) is 0.601. The number of anilines is 1. The molecule has 0 unspecified atom stereocenters. The van der Waals surface area contributed by atoms with Crippen molar-refractivity contribution in [2.24, 2.45) is 0 Å². The predicted molar refractivity (Wildman–Crippen MR) is 83.6 cm³/mol. The van der Waals surface area contributed by atoms with Crippen LogP contribution < -0.4 is 4.90 Å². The van der Waals surface area contributed by atoms with E-state index < -0.39 is 0 Å². The third kappa shape index (κ3) is 2.11. The number of benzene rings is 2.